The predicted octanol–water partition coefficient (Wildman–Crippen LogP) is 2.11. The zero-order valence-electron chi connectivity index (χ0n) is 14.7. The highest BCUT2D eigenvalue weighted by atomic mass is 16.2. The van der Waals surface area contributed by atoms with Crippen LogP contribution in [0.1, 0.15) is 22.6 Å². The van der Waals surface area contributed by atoms with Crippen LogP contribution >= 0.6 is 0 Å². The minimum atomic E-state index is -0.184. The Hall–Kier alpha value is -2.89. The van der Waals surface area contributed by atoms with E-state index in [-0.39, 0.29) is 17.9 Å². The van der Waals surface area contributed by atoms with E-state index in [1.165, 1.54) is 0 Å². The van der Waals surface area contributed by atoms with Crippen molar-refractivity contribution in [2.75, 3.05) is 13.6 Å². The van der Waals surface area contributed by atoms with E-state index in [2.05, 4.69) is 15.0 Å². The average Bonchev–Trinajstić information content (AvgIpc) is 2.98. The fourth-order valence-corrected chi connectivity index (χ4v) is 2.91. The van der Waals surface area contributed by atoms with E-state index < -0.39 is 0 Å². The van der Waals surface area contributed by atoms with Gasteiger partial charge in [0.2, 0.25) is 5.91 Å². The highest BCUT2D eigenvalue weighted by Crippen LogP contribution is 2.11. The number of imidazole rings is 1. The Morgan fingerprint density at radius 3 is 2.68 bits per heavy atom. The number of aromatic amines is 2. The molecule has 0 aliphatic carbocycles. The lowest BCUT2D eigenvalue weighted by molar-refractivity contribution is -0.129. The van der Waals surface area contributed by atoms with Crippen LogP contribution in [0.15, 0.2) is 35.1 Å². The smallest absolute Gasteiger partial charge is 0.252 e. The van der Waals surface area contributed by atoms with Gasteiger partial charge in [-0.1, -0.05) is 12.1 Å². The molecule has 0 atom stereocenters. The molecule has 3 aromatic rings. The number of rotatable bonds is 5. The first-order chi connectivity index (χ1) is 11.9. The van der Waals surface area contributed by atoms with Gasteiger partial charge in [-0.15, -0.1) is 0 Å². The van der Waals surface area contributed by atoms with Crippen LogP contribution in [0.3, 0.4) is 0 Å². The molecule has 0 spiro atoms. The first kappa shape index (κ1) is 17.0. The Morgan fingerprint density at radius 1 is 1.20 bits per heavy atom. The highest BCUT2D eigenvalue weighted by molar-refractivity contribution is 5.79. The molecule has 1 aromatic carbocycles. The summed E-state index contributed by atoms with van der Waals surface area (Å²) in [6.45, 7) is 4.24. The monoisotopic (exact) mass is 338 g/mol. The van der Waals surface area contributed by atoms with Crippen LogP contribution in [0, 0.1) is 13.8 Å². The van der Waals surface area contributed by atoms with E-state index in [9.17, 15) is 9.59 Å². The first-order valence-electron chi connectivity index (χ1n) is 8.31. The normalized spacial score (nSPS) is 11.0. The quantitative estimate of drug-likeness (QED) is 0.747. The zero-order chi connectivity index (χ0) is 18.0. The fourth-order valence-electron chi connectivity index (χ4n) is 2.91. The summed E-state index contributed by atoms with van der Waals surface area (Å²) in [5, 5.41) is 0. The number of hydrogen-bond donors (Lipinski definition) is 2. The number of nitrogens with one attached hydrogen (secondary N) is 2. The van der Waals surface area contributed by atoms with Gasteiger partial charge in [0.05, 0.1) is 17.5 Å². The van der Waals surface area contributed by atoms with Gasteiger partial charge in [-0.05, 0) is 37.6 Å². The molecule has 2 aromatic heterocycles. The molecule has 0 saturated heterocycles. The van der Waals surface area contributed by atoms with Crippen molar-refractivity contribution in [3.8, 4) is 0 Å². The third-order valence-corrected chi connectivity index (χ3v) is 4.37. The maximum atomic E-state index is 12.4. The third kappa shape index (κ3) is 3.79. The first-order valence-corrected chi connectivity index (χ1v) is 8.31. The van der Waals surface area contributed by atoms with E-state index in [4.69, 9.17) is 0 Å². The summed E-state index contributed by atoms with van der Waals surface area (Å²) < 4.78 is 0. The summed E-state index contributed by atoms with van der Waals surface area (Å²) in [5.74, 6) is 0.777. The average molecular weight is 338 g/mol. The van der Waals surface area contributed by atoms with E-state index in [1.54, 1.807) is 11.9 Å². The van der Waals surface area contributed by atoms with Gasteiger partial charge in [0.1, 0.15) is 5.82 Å². The van der Waals surface area contributed by atoms with E-state index in [0.717, 1.165) is 28.1 Å². The molecule has 1 amide bonds. The Balaban J connectivity index is 1.64. The lowest BCUT2D eigenvalue weighted by Gasteiger charge is -2.17. The number of carbonyl (C=O) groups excluding carboxylic acids is 1. The standard InChI is InChI=1S/C19H22N4O2/c1-12-10-13(2)20-19(25)14(12)11-18(24)23(3)9-8-17-21-15-6-4-5-7-16(15)22-17/h4-7,10H,8-9,11H2,1-3H3,(H,20,25)(H,21,22). The molecule has 0 unspecified atom stereocenters. The SMILES string of the molecule is Cc1cc(C)c(CC(=O)N(C)CCc2nc3ccccc3[nH]2)c(=O)[nH]1. The molecular weight excluding hydrogens is 316 g/mol. The molecule has 0 radical (unpaired) electrons. The van der Waals surface area contributed by atoms with Crippen molar-refractivity contribution in [1.82, 2.24) is 19.9 Å². The largest absolute Gasteiger partial charge is 0.345 e. The minimum absolute atomic E-state index is 0.0754. The summed E-state index contributed by atoms with van der Waals surface area (Å²) in [6.07, 6.45) is 0.748. The van der Waals surface area contributed by atoms with E-state index >= 15 is 0 Å². The van der Waals surface area contributed by atoms with E-state index in [1.807, 2.05) is 44.2 Å². The van der Waals surface area contributed by atoms with Gasteiger partial charge in [0.25, 0.3) is 5.56 Å². The maximum absolute atomic E-state index is 12.4. The Kier molecular flexibility index (Phi) is 4.70. The fraction of sp³-hybridized carbons (Fsp3) is 0.316. The van der Waals surface area contributed by atoms with Crippen molar-refractivity contribution in [1.29, 1.82) is 0 Å². The number of likely N-dealkylation sites (N-methyl/N-ethyl adjacent to an activating group) is 1. The number of aryl methyl sites for hydroxylation is 2. The van der Waals surface area contributed by atoms with Gasteiger partial charge in [0, 0.05) is 31.3 Å². The maximum Gasteiger partial charge on any atom is 0.252 e. The van der Waals surface area contributed by atoms with Crippen LogP contribution < -0.4 is 5.56 Å². The molecule has 2 heterocycles. The summed E-state index contributed by atoms with van der Waals surface area (Å²) >= 11 is 0. The number of pyridine rings is 1. The lowest BCUT2D eigenvalue weighted by atomic mass is 10.1. The van der Waals surface area contributed by atoms with Crippen LogP contribution in [0.2, 0.25) is 0 Å². The second-order valence-electron chi connectivity index (χ2n) is 6.39. The molecule has 0 bridgehead atoms. The lowest BCUT2D eigenvalue weighted by Crippen LogP contribution is -2.32. The van der Waals surface area contributed by atoms with Crippen LogP contribution in [-0.2, 0) is 17.6 Å². The van der Waals surface area contributed by atoms with Crippen molar-refractivity contribution >= 4 is 16.9 Å². The molecule has 0 aliphatic heterocycles. The van der Waals surface area contributed by atoms with Crippen molar-refractivity contribution in [2.45, 2.75) is 26.7 Å². The minimum Gasteiger partial charge on any atom is -0.345 e. The molecule has 0 fully saturated rings. The van der Waals surface area contributed by atoms with Gasteiger partial charge < -0.3 is 14.9 Å². The molecule has 3 rings (SSSR count). The van der Waals surface area contributed by atoms with Gasteiger partial charge in [-0.2, -0.15) is 0 Å². The summed E-state index contributed by atoms with van der Waals surface area (Å²) in [5.41, 5.74) is 3.92. The summed E-state index contributed by atoms with van der Waals surface area (Å²) in [7, 11) is 1.75. The zero-order valence-corrected chi connectivity index (χ0v) is 14.7. The number of aromatic nitrogens is 3. The third-order valence-electron chi connectivity index (χ3n) is 4.37. The van der Waals surface area contributed by atoms with Gasteiger partial charge >= 0.3 is 0 Å². The summed E-state index contributed by atoms with van der Waals surface area (Å²) in [6, 6.07) is 9.73. The van der Waals surface area contributed by atoms with Gasteiger partial charge in [-0.3, -0.25) is 9.59 Å². The number of H-pyrrole nitrogens is 2. The Morgan fingerprint density at radius 2 is 1.96 bits per heavy atom. The second kappa shape index (κ2) is 6.93. The topological polar surface area (TPSA) is 81.8 Å². The number of fused-ring (bicyclic) bond motifs is 1. The van der Waals surface area contributed by atoms with E-state index in [0.29, 0.717) is 18.5 Å². The number of hydrogen-bond acceptors (Lipinski definition) is 3. The van der Waals surface area contributed by atoms with Crippen molar-refractivity contribution in [3.05, 3.63) is 63.3 Å². The van der Waals surface area contributed by atoms with Gasteiger partial charge in [0.15, 0.2) is 0 Å². The Labute approximate surface area is 145 Å². The number of benzene rings is 1. The van der Waals surface area contributed by atoms with Crippen LogP contribution in [0.4, 0.5) is 0 Å². The van der Waals surface area contributed by atoms with Crippen molar-refractivity contribution in [3.63, 3.8) is 0 Å². The van der Waals surface area contributed by atoms with Crippen LogP contribution in [0.5, 0.6) is 0 Å². The Bertz CT molecular complexity index is 938. The van der Waals surface area contributed by atoms with Crippen LogP contribution in [-0.4, -0.2) is 39.4 Å². The van der Waals surface area contributed by atoms with Gasteiger partial charge in [-0.25, -0.2) is 4.98 Å². The molecule has 130 valence electrons. The predicted molar refractivity (Wildman–Crippen MR) is 97.7 cm³/mol. The molecule has 25 heavy (non-hydrogen) atoms. The van der Waals surface area contributed by atoms with Crippen molar-refractivity contribution in [2.24, 2.45) is 0 Å². The number of carbonyl (C=O) groups is 1. The summed E-state index contributed by atoms with van der Waals surface area (Å²) in [4.78, 5) is 36.7. The number of para-hydroxylation sites is 2. The molecule has 6 nitrogen and oxygen atoms in total. The van der Waals surface area contributed by atoms with Crippen molar-refractivity contribution < 1.29 is 4.79 Å². The number of nitrogens with zero attached hydrogens (tertiary/aromatic N) is 2. The molecule has 0 aliphatic rings. The van der Waals surface area contributed by atoms with Crippen LogP contribution in [0.25, 0.3) is 11.0 Å². The molecule has 2 N–H and O–H groups in total. The highest BCUT2D eigenvalue weighted by Gasteiger charge is 2.15. The molecule has 6 heteroatoms. The molecular formula is C19H22N4O2. The molecule has 0 saturated carbocycles. The second-order valence-corrected chi connectivity index (χ2v) is 6.39. The number of amides is 1.